The molecule has 0 saturated heterocycles. The van der Waals surface area contributed by atoms with E-state index in [-0.39, 0.29) is 11.8 Å². The van der Waals surface area contributed by atoms with Gasteiger partial charge in [0.25, 0.3) is 5.91 Å². The van der Waals surface area contributed by atoms with Crippen molar-refractivity contribution in [3.63, 3.8) is 0 Å². The number of halogens is 2. The highest BCUT2D eigenvalue weighted by Crippen LogP contribution is 2.41. The first-order chi connectivity index (χ1) is 14.0. The second-order valence-corrected chi connectivity index (χ2v) is 7.93. The second-order valence-electron chi connectivity index (χ2n) is 7.06. The van der Waals surface area contributed by atoms with Crippen molar-refractivity contribution in [2.45, 2.75) is 32.7 Å². The summed E-state index contributed by atoms with van der Waals surface area (Å²) in [6.07, 6.45) is 3.00. The molecule has 1 amide bonds. The average Bonchev–Trinajstić information content (AvgIpc) is 3.19. The number of carbonyl (C=O) groups excluding carboxylic acids is 1. The van der Waals surface area contributed by atoms with Gasteiger partial charge in [-0.1, -0.05) is 67.2 Å². The summed E-state index contributed by atoms with van der Waals surface area (Å²) < 4.78 is 1.83. The number of amides is 1. The van der Waals surface area contributed by atoms with Gasteiger partial charge in [0.15, 0.2) is 0 Å². The Labute approximate surface area is 179 Å². The molecule has 0 aliphatic carbocycles. The van der Waals surface area contributed by atoms with Crippen LogP contribution in [0.3, 0.4) is 0 Å². The van der Waals surface area contributed by atoms with Crippen LogP contribution in [-0.2, 0) is 6.54 Å². The zero-order chi connectivity index (χ0) is 20.5. The first-order valence-electron chi connectivity index (χ1n) is 9.62. The molecule has 2 heterocycles. The number of aromatic nitrogens is 1. The number of benzene rings is 2. The molecule has 0 bridgehead atoms. The fourth-order valence-corrected chi connectivity index (χ4v) is 3.97. The van der Waals surface area contributed by atoms with Gasteiger partial charge in [0.1, 0.15) is 0 Å². The van der Waals surface area contributed by atoms with Crippen molar-refractivity contribution >= 4 is 34.8 Å². The molecule has 1 aliphatic rings. The molecule has 0 radical (unpaired) electrons. The normalized spacial score (nSPS) is 12.9. The van der Waals surface area contributed by atoms with E-state index in [0.29, 0.717) is 39.1 Å². The predicted octanol–water partition coefficient (Wildman–Crippen LogP) is 6.35. The number of carbonyl (C=O) groups is 1. The monoisotopic (exact) mass is 426 g/mol. The molecule has 1 aromatic heterocycles. The van der Waals surface area contributed by atoms with E-state index in [2.05, 4.69) is 11.9 Å². The molecule has 4 rings (SSSR count). The maximum atomic E-state index is 12.9. The predicted molar refractivity (Wildman–Crippen MR) is 117 cm³/mol. The third-order valence-electron chi connectivity index (χ3n) is 5.12. The van der Waals surface area contributed by atoms with Gasteiger partial charge in [-0.05, 0) is 36.2 Å². The van der Waals surface area contributed by atoms with Crippen molar-refractivity contribution in [3.05, 3.63) is 75.3 Å². The number of aromatic hydroxyl groups is 1. The molecule has 0 saturated carbocycles. The van der Waals surface area contributed by atoms with E-state index in [4.69, 9.17) is 23.2 Å². The molecule has 1 aliphatic heterocycles. The molecule has 2 aromatic carbocycles. The highest BCUT2D eigenvalue weighted by Gasteiger charge is 2.35. The molecule has 0 fully saturated rings. The molecule has 0 spiro atoms. The fraction of sp³-hybridized carbons (Fsp3) is 0.217. The maximum absolute atomic E-state index is 12.9. The highest BCUT2D eigenvalue weighted by molar-refractivity contribution is 6.32. The SMILES string of the molecule is CCCCCn1c(O)c2c(c1-c1ccc(Cl)cc1)C(=O)N=C2c1ccc(Cl)cc1. The molecule has 6 heteroatoms. The number of hydrogen-bond acceptors (Lipinski definition) is 2. The lowest BCUT2D eigenvalue weighted by Gasteiger charge is -2.12. The van der Waals surface area contributed by atoms with Gasteiger partial charge in [0, 0.05) is 22.2 Å². The van der Waals surface area contributed by atoms with Gasteiger partial charge in [-0.25, -0.2) is 4.99 Å². The summed E-state index contributed by atoms with van der Waals surface area (Å²) in [6.45, 7) is 2.75. The zero-order valence-corrected chi connectivity index (χ0v) is 17.5. The molecule has 29 heavy (non-hydrogen) atoms. The van der Waals surface area contributed by atoms with Crippen molar-refractivity contribution in [2.24, 2.45) is 4.99 Å². The van der Waals surface area contributed by atoms with E-state index in [0.717, 1.165) is 30.4 Å². The van der Waals surface area contributed by atoms with Gasteiger partial charge in [-0.15, -0.1) is 0 Å². The minimum absolute atomic E-state index is 0.0700. The van der Waals surface area contributed by atoms with E-state index >= 15 is 0 Å². The summed E-state index contributed by atoms with van der Waals surface area (Å²) in [4.78, 5) is 17.2. The Bertz CT molecular complexity index is 1100. The number of nitrogens with zero attached hydrogens (tertiary/aromatic N) is 2. The summed E-state index contributed by atoms with van der Waals surface area (Å²) in [5.74, 6) is -0.278. The van der Waals surface area contributed by atoms with Crippen molar-refractivity contribution < 1.29 is 9.90 Å². The number of rotatable bonds is 6. The van der Waals surface area contributed by atoms with Gasteiger partial charge < -0.3 is 9.67 Å². The van der Waals surface area contributed by atoms with Crippen LogP contribution < -0.4 is 0 Å². The standard InChI is InChI=1S/C23H20Cl2N2O2/c1-2-3-4-13-27-21(15-7-11-17(25)12-8-15)19-18(23(27)29)20(26-22(19)28)14-5-9-16(24)10-6-14/h5-12,29H,2-4,13H2,1H3. The Morgan fingerprint density at radius 1 is 0.897 bits per heavy atom. The van der Waals surface area contributed by atoms with E-state index in [1.807, 2.05) is 16.7 Å². The highest BCUT2D eigenvalue weighted by atomic mass is 35.5. The molecular formula is C23H20Cl2N2O2. The van der Waals surface area contributed by atoms with Gasteiger partial charge in [-0.3, -0.25) is 4.79 Å². The topological polar surface area (TPSA) is 54.6 Å². The first-order valence-corrected chi connectivity index (χ1v) is 10.4. The van der Waals surface area contributed by atoms with Crippen LogP contribution >= 0.6 is 23.2 Å². The van der Waals surface area contributed by atoms with E-state index in [9.17, 15) is 9.90 Å². The van der Waals surface area contributed by atoms with E-state index < -0.39 is 0 Å². The van der Waals surface area contributed by atoms with Gasteiger partial charge in [0.2, 0.25) is 5.88 Å². The van der Waals surface area contributed by atoms with Crippen molar-refractivity contribution in [1.29, 1.82) is 0 Å². The molecule has 4 nitrogen and oxygen atoms in total. The van der Waals surface area contributed by atoms with E-state index in [1.54, 1.807) is 36.4 Å². The van der Waals surface area contributed by atoms with Crippen LogP contribution in [0.2, 0.25) is 10.0 Å². The van der Waals surface area contributed by atoms with Crippen LogP contribution in [-0.4, -0.2) is 21.3 Å². The largest absolute Gasteiger partial charge is 0.494 e. The lowest BCUT2D eigenvalue weighted by atomic mass is 10.0. The summed E-state index contributed by atoms with van der Waals surface area (Å²) in [6, 6.07) is 14.4. The van der Waals surface area contributed by atoms with Gasteiger partial charge in [0.05, 0.1) is 22.5 Å². The molecular weight excluding hydrogens is 407 g/mol. The van der Waals surface area contributed by atoms with Crippen LogP contribution in [0.1, 0.15) is 47.7 Å². The molecule has 148 valence electrons. The van der Waals surface area contributed by atoms with Crippen LogP contribution in [0.5, 0.6) is 5.88 Å². The van der Waals surface area contributed by atoms with Crippen molar-refractivity contribution in [1.82, 2.24) is 4.57 Å². The van der Waals surface area contributed by atoms with Crippen LogP contribution in [0.15, 0.2) is 53.5 Å². The Kier molecular flexibility index (Phi) is 5.48. The molecule has 0 atom stereocenters. The Balaban J connectivity index is 1.89. The van der Waals surface area contributed by atoms with Crippen LogP contribution in [0.4, 0.5) is 0 Å². The number of hydrogen-bond donors (Lipinski definition) is 1. The number of unbranched alkanes of at least 4 members (excludes halogenated alkanes) is 2. The van der Waals surface area contributed by atoms with Crippen LogP contribution in [0.25, 0.3) is 11.3 Å². The van der Waals surface area contributed by atoms with Gasteiger partial charge >= 0.3 is 0 Å². The molecule has 0 unspecified atom stereocenters. The summed E-state index contributed by atoms with van der Waals surface area (Å²) >= 11 is 12.1. The smallest absolute Gasteiger partial charge is 0.280 e. The van der Waals surface area contributed by atoms with E-state index in [1.165, 1.54) is 0 Å². The van der Waals surface area contributed by atoms with Crippen LogP contribution in [0, 0.1) is 0 Å². The maximum Gasteiger partial charge on any atom is 0.280 e. The second kappa shape index (κ2) is 8.05. The molecule has 3 aromatic rings. The fourth-order valence-electron chi connectivity index (χ4n) is 3.71. The summed E-state index contributed by atoms with van der Waals surface area (Å²) in [7, 11) is 0. The average molecular weight is 427 g/mol. The Morgan fingerprint density at radius 3 is 2.07 bits per heavy atom. The third-order valence-corrected chi connectivity index (χ3v) is 5.62. The third kappa shape index (κ3) is 3.59. The lowest BCUT2D eigenvalue weighted by Crippen LogP contribution is -2.04. The summed E-state index contributed by atoms with van der Waals surface area (Å²) in [5.41, 5.74) is 3.64. The number of fused-ring (bicyclic) bond motifs is 1. The summed E-state index contributed by atoms with van der Waals surface area (Å²) in [5, 5.41) is 12.3. The lowest BCUT2D eigenvalue weighted by molar-refractivity contribution is 0.101. The van der Waals surface area contributed by atoms with Crippen molar-refractivity contribution in [3.8, 4) is 17.1 Å². The first kappa shape index (κ1) is 19.7. The van der Waals surface area contributed by atoms with Gasteiger partial charge in [-0.2, -0.15) is 0 Å². The quantitative estimate of drug-likeness (QED) is 0.466. The minimum atomic E-state index is -0.348. The van der Waals surface area contributed by atoms with Crippen molar-refractivity contribution in [2.75, 3.05) is 0 Å². The minimum Gasteiger partial charge on any atom is -0.494 e. The zero-order valence-electron chi connectivity index (χ0n) is 16.0. The number of aliphatic imine (C=N–C) groups is 1. The Hall–Kier alpha value is -2.56. The Morgan fingerprint density at radius 2 is 1.48 bits per heavy atom. The molecule has 1 N–H and O–H groups in total.